The van der Waals surface area contributed by atoms with Gasteiger partial charge in [-0.15, -0.1) is 11.3 Å². The molecular formula is C16H19ClF3N3O2S. The van der Waals surface area contributed by atoms with Crippen molar-refractivity contribution < 1.29 is 22.7 Å². The smallest absolute Gasteiger partial charge is 0.401 e. The van der Waals surface area contributed by atoms with E-state index < -0.39 is 18.7 Å². The lowest BCUT2D eigenvalue weighted by molar-refractivity contribution is -0.151. The normalized spacial score (nSPS) is 12.8. The van der Waals surface area contributed by atoms with Crippen molar-refractivity contribution in [2.75, 3.05) is 19.7 Å². The molecule has 0 N–H and O–H groups in total. The lowest BCUT2D eigenvalue weighted by atomic mass is 10.3. The highest BCUT2D eigenvalue weighted by molar-refractivity contribution is 7.15. The molecule has 5 nitrogen and oxygen atoms in total. The number of halogens is 4. The molecule has 0 atom stereocenters. The lowest BCUT2D eigenvalue weighted by Gasteiger charge is -2.27. The number of alkyl halides is 3. The van der Waals surface area contributed by atoms with Gasteiger partial charge in [-0.3, -0.25) is 9.30 Å². The van der Waals surface area contributed by atoms with E-state index in [1.165, 1.54) is 28.4 Å². The molecule has 0 unspecified atom stereocenters. The fourth-order valence-corrected chi connectivity index (χ4v) is 3.32. The van der Waals surface area contributed by atoms with Crippen LogP contribution in [-0.2, 0) is 9.53 Å². The first-order valence-corrected chi connectivity index (χ1v) is 9.20. The molecule has 0 aliphatic rings. The van der Waals surface area contributed by atoms with E-state index in [9.17, 15) is 18.0 Å². The van der Waals surface area contributed by atoms with Crippen LogP contribution in [0.5, 0.6) is 0 Å². The van der Waals surface area contributed by atoms with Gasteiger partial charge in [0.15, 0.2) is 10.1 Å². The van der Waals surface area contributed by atoms with E-state index in [-0.39, 0.29) is 24.3 Å². The van der Waals surface area contributed by atoms with Crippen LogP contribution in [0.4, 0.5) is 13.2 Å². The Labute approximate surface area is 158 Å². The lowest BCUT2D eigenvalue weighted by Crippen LogP contribution is -2.40. The first kappa shape index (κ1) is 20.7. The number of carbonyl (C=O) groups excluding carboxylic acids is 1. The second-order valence-corrected chi connectivity index (χ2v) is 7.11. The van der Waals surface area contributed by atoms with Gasteiger partial charge in [0.1, 0.15) is 0 Å². The highest BCUT2D eigenvalue weighted by Gasteiger charge is 2.31. The van der Waals surface area contributed by atoms with Crippen molar-refractivity contribution in [3.63, 3.8) is 0 Å². The number of nitrogens with zero attached hydrogens (tertiary/aromatic N) is 3. The average Bonchev–Trinajstić information content (AvgIpc) is 3.07. The number of imidazole rings is 1. The summed E-state index contributed by atoms with van der Waals surface area (Å²) in [5.41, 5.74) is 0.566. The fourth-order valence-electron chi connectivity index (χ4n) is 2.31. The number of ether oxygens (including phenoxy) is 1. The van der Waals surface area contributed by atoms with Crippen LogP contribution in [0.2, 0.25) is 5.15 Å². The van der Waals surface area contributed by atoms with E-state index in [2.05, 4.69) is 4.98 Å². The Morgan fingerprint density at radius 2 is 2.23 bits per heavy atom. The SMILES string of the molecule is CC(C)N(CCCOC(=O)C=Cc1c(Cl)nc2sccn12)CC(F)(F)F. The summed E-state index contributed by atoms with van der Waals surface area (Å²) in [5.74, 6) is -0.585. The number of hydrogen-bond donors (Lipinski definition) is 0. The Balaban J connectivity index is 1.80. The summed E-state index contributed by atoms with van der Waals surface area (Å²) < 4.78 is 44.3. The Hall–Kier alpha value is -1.58. The maximum atomic E-state index is 12.5. The van der Waals surface area contributed by atoms with Crippen LogP contribution in [0.3, 0.4) is 0 Å². The van der Waals surface area contributed by atoms with Crippen LogP contribution in [0, 0.1) is 0 Å². The Morgan fingerprint density at radius 1 is 1.50 bits per heavy atom. The molecule has 26 heavy (non-hydrogen) atoms. The maximum absolute atomic E-state index is 12.5. The van der Waals surface area contributed by atoms with Gasteiger partial charge in [0.2, 0.25) is 0 Å². The zero-order chi connectivity index (χ0) is 19.3. The van der Waals surface area contributed by atoms with Crippen LogP contribution < -0.4 is 0 Å². The van der Waals surface area contributed by atoms with Crippen molar-refractivity contribution in [3.05, 3.63) is 28.5 Å². The van der Waals surface area contributed by atoms with Crippen LogP contribution in [-0.4, -0.2) is 52.2 Å². The molecule has 0 radical (unpaired) electrons. The average molecular weight is 410 g/mol. The first-order valence-electron chi connectivity index (χ1n) is 7.94. The van der Waals surface area contributed by atoms with Gasteiger partial charge < -0.3 is 4.74 Å². The van der Waals surface area contributed by atoms with Gasteiger partial charge in [-0.1, -0.05) is 11.6 Å². The zero-order valence-electron chi connectivity index (χ0n) is 14.3. The Kier molecular flexibility index (Phi) is 7.08. The van der Waals surface area contributed by atoms with Crippen molar-refractivity contribution in [3.8, 4) is 0 Å². The van der Waals surface area contributed by atoms with Gasteiger partial charge in [0.05, 0.1) is 18.8 Å². The van der Waals surface area contributed by atoms with Crippen LogP contribution in [0.1, 0.15) is 26.0 Å². The van der Waals surface area contributed by atoms with Crippen LogP contribution in [0.25, 0.3) is 11.0 Å². The van der Waals surface area contributed by atoms with E-state index in [1.54, 1.807) is 24.4 Å². The molecule has 0 saturated carbocycles. The summed E-state index contributed by atoms with van der Waals surface area (Å²) in [6.45, 7) is 2.65. The molecule has 0 fully saturated rings. The molecular weight excluding hydrogens is 391 g/mol. The van der Waals surface area contributed by atoms with E-state index in [0.29, 0.717) is 17.1 Å². The molecule has 2 heterocycles. The second-order valence-electron chi connectivity index (χ2n) is 5.88. The molecule has 0 saturated heterocycles. The van der Waals surface area contributed by atoms with Crippen LogP contribution in [0.15, 0.2) is 17.7 Å². The molecule has 2 aromatic heterocycles. The number of thiazole rings is 1. The van der Waals surface area contributed by atoms with Gasteiger partial charge in [-0.25, -0.2) is 9.78 Å². The molecule has 0 spiro atoms. The monoisotopic (exact) mass is 409 g/mol. The predicted molar refractivity (Wildman–Crippen MR) is 95.5 cm³/mol. The topological polar surface area (TPSA) is 46.8 Å². The molecule has 2 rings (SSSR count). The minimum atomic E-state index is -4.25. The Bertz CT molecular complexity index is 770. The molecule has 10 heteroatoms. The summed E-state index contributed by atoms with van der Waals surface area (Å²) in [7, 11) is 0. The van der Waals surface area contributed by atoms with Gasteiger partial charge in [0, 0.05) is 30.2 Å². The molecule has 144 valence electrons. The third kappa shape index (κ3) is 6.00. The number of aromatic nitrogens is 2. The third-order valence-electron chi connectivity index (χ3n) is 3.58. The van der Waals surface area contributed by atoms with Crippen molar-refractivity contribution in [1.82, 2.24) is 14.3 Å². The number of fused-ring (bicyclic) bond motifs is 1. The standard InChI is InChI=1S/C16H19ClF3N3O2S/c1-11(2)22(10-16(18,19)20)6-3-8-25-13(24)5-4-12-14(17)21-15-23(12)7-9-26-15/h4-5,7,9,11H,3,6,8,10H2,1-2H3. The van der Waals surface area contributed by atoms with Gasteiger partial charge in [0.25, 0.3) is 0 Å². The third-order valence-corrected chi connectivity index (χ3v) is 4.61. The van der Waals surface area contributed by atoms with E-state index in [4.69, 9.17) is 16.3 Å². The summed E-state index contributed by atoms with van der Waals surface area (Å²) in [5, 5.41) is 2.12. The zero-order valence-corrected chi connectivity index (χ0v) is 15.9. The summed E-state index contributed by atoms with van der Waals surface area (Å²) in [4.78, 5) is 17.9. The van der Waals surface area contributed by atoms with Crippen molar-refractivity contribution in [2.45, 2.75) is 32.5 Å². The fraction of sp³-hybridized carbons (Fsp3) is 0.500. The highest BCUT2D eigenvalue weighted by Crippen LogP contribution is 2.22. The van der Waals surface area contributed by atoms with Crippen molar-refractivity contribution in [2.24, 2.45) is 0 Å². The number of rotatable bonds is 8. The van der Waals surface area contributed by atoms with Crippen molar-refractivity contribution in [1.29, 1.82) is 0 Å². The second kappa shape index (κ2) is 8.88. The number of esters is 1. The number of hydrogen-bond acceptors (Lipinski definition) is 5. The summed E-state index contributed by atoms with van der Waals surface area (Å²) in [6, 6.07) is -0.246. The van der Waals surface area contributed by atoms with Crippen molar-refractivity contribution >= 4 is 39.9 Å². The maximum Gasteiger partial charge on any atom is 0.401 e. The van der Waals surface area contributed by atoms with Gasteiger partial charge in [-0.05, 0) is 26.3 Å². The molecule has 0 amide bonds. The van der Waals surface area contributed by atoms with Gasteiger partial charge in [-0.2, -0.15) is 13.2 Å². The quantitative estimate of drug-likeness (QED) is 0.371. The van der Waals surface area contributed by atoms with Crippen LogP contribution >= 0.6 is 22.9 Å². The molecule has 2 aromatic rings. The predicted octanol–water partition coefficient (Wildman–Crippen LogP) is 4.27. The molecule has 0 aromatic carbocycles. The van der Waals surface area contributed by atoms with E-state index in [1.807, 2.05) is 5.38 Å². The summed E-state index contributed by atoms with van der Waals surface area (Å²) >= 11 is 7.43. The highest BCUT2D eigenvalue weighted by atomic mass is 35.5. The largest absolute Gasteiger partial charge is 0.462 e. The number of carbonyl (C=O) groups is 1. The Morgan fingerprint density at radius 3 is 2.88 bits per heavy atom. The minimum absolute atomic E-state index is 0.0399. The molecule has 0 bridgehead atoms. The van der Waals surface area contributed by atoms with Gasteiger partial charge >= 0.3 is 12.1 Å². The van der Waals surface area contributed by atoms with E-state index >= 15 is 0 Å². The minimum Gasteiger partial charge on any atom is -0.462 e. The molecule has 0 aliphatic heterocycles. The van der Waals surface area contributed by atoms with E-state index in [0.717, 1.165) is 0 Å². The summed E-state index contributed by atoms with van der Waals surface area (Å²) in [6.07, 6.45) is 0.576. The first-order chi connectivity index (χ1) is 12.2. The molecule has 0 aliphatic carbocycles.